The molecule has 0 aliphatic heterocycles. The summed E-state index contributed by atoms with van der Waals surface area (Å²) in [5.74, 6) is 0. The average molecular weight is 299 g/mol. The standard InChI is InChI=1S/C14H25N3O2S/c1-10(2)17(5)7-6-16-20(18,19)14-9-13(15)8-11(3)12(14)4/h8-10,16H,6-7,15H2,1-5H3. The van der Waals surface area contributed by atoms with Crippen LogP contribution in [0.15, 0.2) is 17.0 Å². The van der Waals surface area contributed by atoms with Crippen LogP contribution in [-0.2, 0) is 10.0 Å². The van der Waals surface area contributed by atoms with Crippen molar-refractivity contribution in [1.29, 1.82) is 0 Å². The second-order valence-corrected chi connectivity index (χ2v) is 7.17. The summed E-state index contributed by atoms with van der Waals surface area (Å²) in [5, 5.41) is 0. The topological polar surface area (TPSA) is 75.4 Å². The molecule has 1 aromatic carbocycles. The fourth-order valence-electron chi connectivity index (χ4n) is 1.83. The Labute approximate surface area is 122 Å². The first-order valence-corrected chi connectivity index (χ1v) is 8.20. The van der Waals surface area contributed by atoms with E-state index in [-0.39, 0.29) is 4.90 Å². The Hall–Kier alpha value is -1.11. The van der Waals surface area contributed by atoms with Gasteiger partial charge in [-0.15, -0.1) is 0 Å². The maximum absolute atomic E-state index is 12.3. The molecule has 0 aliphatic rings. The quantitative estimate of drug-likeness (QED) is 0.781. The first kappa shape index (κ1) is 16.9. The molecule has 0 amide bonds. The molecule has 0 aliphatic carbocycles. The van der Waals surface area contributed by atoms with Crippen molar-refractivity contribution >= 4 is 15.7 Å². The summed E-state index contributed by atoms with van der Waals surface area (Å²) in [7, 11) is -1.55. The molecule has 0 spiro atoms. The van der Waals surface area contributed by atoms with Crippen LogP contribution in [-0.4, -0.2) is 39.5 Å². The largest absolute Gasteiger partial charge is 0.399 e. The van der Waals surface area contributed by atoms with Gasteiger partial charge in [-0.3, -0.25) is 0 Å². The van der Waals surface area contributed by atoms with Crippen molar-refractivity contribution in [3.8, 4) is 0 Å². The van der Waals surface area contributed by atoms with Gasteiger partial charge in [-0.25, -0.2) is 13.1 Å². The first-order valence-electron chi connectivity index (χ1n) is 6.71. The lowest BCUT2D eigenvalue weighted by atomic mass is 10.1. The van der Waals surface area contributed by atoms with Crippen molar-refractivity contribution in [2.45, 2.75) is 38.6 Å². The van der Waals surface area contributed by atoms with E-state index in [1.807, 2.05) is 14.0 Å². The number of hydrogen-bond acceptors (Lipinski definition) is 4. The van der Waals surface area contributed by atoms with Crippen molar-refractivity contribution < 1.29 is 8.42 Å². The number of anilines is 1. The van der Waals surface area contributed by atoms with Crippen molar-refractivity contribution in [3.05, 3.63) is 23.3 Å². The molecule has 1 rings (SSSR count). The van der Waals surface area contributed by atoms with Gasteiger partial charge in [-0.2, -0.15) is 0 Å². The van der Waals surface area contributed by atoms with Gasteiger partial charge in [0.2, 0.25) is 10.0 Å². The molecule has 0 fully saturated rings. The zero-order chi connectivity index (χ0) is 15.5. The number of benzene rings is 1. The predicted octanol–water partition coefficient (Wildman–Crippen LogP) is 1.50. The third-order valence-corrected chi connectivity index (χ3v) is 5.16. The minimum absolute atomic E-state index is 0.266. The fraction of sp³-hybridized carbons (Fsp3) is 0.571. The van der Waals surface area contributed by atoms with E-state index in [0.717, 1.165) is 11.1 Å². The van der Waals surface area contributed by atoms with Crippen LogP contribution in [0, 0.1) is 13.8 Å². The molecule has 0 radical (unpaired) electrons. The number of hydrogen-bond donors (Lipinski definition) is 2. The van der Waals surface area contributed by atoms with Crippen LogP contribution in [0.3, 0.4) is 0 Å². The molecule has 0 atom stereocenters. The molecule has 5 nitrogen and oxygen atoms in total. The number of likely N-dealkylation sites (N-methyl/N-ethyl adjacent to an activating group) is 1. The molecule has 0 saturated heterocycles. The second kappa shape index (κ2) is 6.56. The summed E-state index contributed by atoms with van der Waals surface area (Å²) in [6.45, 7) is 8.84. The van der Waals surface area contributed by atoms with Gasteiger partial charge in [0.15, 0.2) is 0 Å². The monoisotopic (exact) mass is 299 g/mol. The Bertz CT molecular complexity index is 568. The minimum atomic E-state index is -3.51. The van der Waals surface area contributed by atoms with Gasteiger partial charge in [0.25, 0.3) is 0 Å². The Balaban J connectivity index is 2.85. The SMILES string of the molecule is Cc1cc(N)cc(S(=O)(=O)NCCN(C)C(C)C)c1C. The number of rotatable bonds is 6. The van der Waals surface area contributed by atoms with Gasteiger partial charge >= 0.3 is 0 Å². The highest BCUT2D eigenvalue weighted by Gasteiger charge is 2.18. The predicted molar refractivity (Wildman–Crippen MR) is 83.3 cm³/mol. The third-order valence-electron chi connectivity index (χ3n) is 3.57. The van der Waals surface area contributed by atoms with Crippen LogP contribution in [0.25, 0.3) is 0 Å². The highest BCUT2D eigenvalue weighted by atomic mass is 32.2. The second-order valence-electron chi connectivity index (χ2n) is 5.43. The summed E-state index contributed by atoms with van der Waals surface area (Å²) in [6.07, 6.45) is 0. The summed E-state index contributed by atoms with van der Waals surface area (Å²) in [6, 6.07) is 3.67. The summed E-state index contributed by atoms with van der Waals surface area (Å²) in [4.78, 5) is 2.35. The Morgan fingerprint density at radius 2 is 1.90 bits per heavy atom. The summed E-state index contributed by atoms with van der Waals surface area (Å²) >= 11 is 0. The van der Waals surface area contributed by atoms with Crippen LogP contribution < -0.4 is 10.5 Å². The first-order chi connectivity index (χ1) is 9.15. The Morgan fingerprint density at radius 3 is 2.45 bits per heavy atom. The lowest BCUT2D eigenvalue weighted by Gasteiger charge is -2.21. The molecule has 3 N–H and O–H groups in total. The Morgan fingerprint density at radius 1 is 1.30 bits per heavy atom. The highest BCUT2D eigenvalue weighted by Crippen LogP contribution is 2.22. The maximum Gasteiger partial charge on any atom is 0.240 e. The number of nitrogens with zero attached hydrogens (tertiary/aromatic N) is 1. The fourth-order valence-corrected chi connectivity index (χ4v) is 3.20. The van der Waals surface area contributed by atoms with E-state index in [9.17, 15) is 8.42 Å². The van der Waals surface area contributed by atoms with Crippen molar-refractivity contribution in [2.75, 3.05) is 25.9 Å². The van der Waals surface area contributed by atoms with E-state index in [2.05, 4.69) is 23.5 Å². The van der Waals surface area contributed by atoms with Gasteiger partial charge < -0.3 is 10.6 Å². The summed E-state index contributed by atoms with van der Waals surface area (Å²) < 4.78 is 27.3. The van der Waals surface area contributed by atoms with Gasteiger partial charge in [0.05, 0.1) is 4.90 Å². The molecule has 20 heavy (non-hydrogen) atoms. The van der Waals surface area contributed by atoms with E-state index in [4.69, 9.17) is 5.73 Å². The summed E-state index contributed by atoms with van der Waals surface area (Å²) in [5.41, 5.74) is 7.83. The molecular formula is C14H25N3O2S. The highest BCUT2D eigenvalue weighted by molar-refractivity contribution is 7.89. The zero-order valence-corrected chi connectivity index (χ0v) is 13.7. The average Bonchev–Trinajstić information content (AvgIpc) is 2.33. The molecule has 1 aromatic rings. The van der Waals surface area contributed by atoms with Gasteiger partial charge in [-0.05, 0) is 58.0 Å². The van der Waals surface area contributed by atoms with E-state index < -0.39 is 10.0 Å². The number of nitrogens with two attached hydrogens (primary N) is 1. The molecule has 6 heteroatoms. The molecule has 0 heterocycles. The molecule has 0 bridgehead atoms. The van der Waals surface area contributed by atoms with E-state index >= 15 is 0 Å². The van der Waals surface area contributed by atoms with Crippen molar-refractivity contribution in [2.24, 2.45) is 0 Å². The van der Waals surface area contributed by atoms with E-state index in [1.54, 1.807) is 13.0 Å². The molecular weight excluding hydrogens is 274 g/mol. The number of aryl methyl sites for hydroxylation is 1. The number of nitrogens with one attached hydrogen (secondary N) is 1. The van der Waals surface area contributed by atoms with Crippen LogP contribution in [0.5, 0.6) is 0 Å². The lowest BCUT2D eigenvalue weighted by Crippen LogP contribution is -2.36. The molecule has 0 unspecified atom stereocenters. The third kappa shape index (κ3) is 4.19. The van der Waals surface area contributed by atoms with Crippen molar-refractivity contribution in [1.82, 2.24) is 9.62 Å². The Kier molecular flexibility index (Phi) is 5.56. The minimum Gasteiger partial charge on any atom is -0.399 e. The van der Waals surface area contributed by atoms with Gasteiger partial charge in [0.1, 0.15) is 0 Å². The van der Waals surface area contributed by atoms with Gasteiger partial charge in [-0.1, -0.05) is 0 Å². The smallest absolute Gasteiger partial charge is 0.240 e. The van der Waals surface area contributed by atoms with Crippen molar-refractivity contribution in [3.63, 3.8) is 0 Å². The normalized spacial score (nSPS) is 12.3. The molecule has 0 saturated carbocycles. The zero-order valence-electron chi connectivity index (χ0n) is 12.9. The van der Waals surface area contributed by atoms with Crippen LogP contribution >= 0.6 is 0 Å². The molecule has 114 valence electrons. The van der Waals surface area contributed by atoms with E-state index in [0.29, 0.717) is 24.8 Å². The number of nitrogen functional groups attached to an aromatic ring is 1. The van der Waals surface area contributed by atoms with Crippen LogP contribution in [0.4, 0.5) is 5.69 Å². The van der Waals surface area contributed by atoms with Crippen LogP contribution in [0.1, 0.15) is 25.0 Å². The maximum atomic E-state index is 12.3. The lowest BCUT2D eigenvalue weighted by molar-refractivity contribution is 0.278. The number of sulfonamides is 1. The van der Waals surface area contributed by atoms with Crippen LogP contribution in [0.2, 0.25) is 0 Å². The molecule has 0 aromatic heterocycles. The van der Waals surface area contributed by atoms with E-state index in [1.165, 1.54) is 6.07 Å². The van der Waals surface area contributed by atoms with Gasteiger partial charge in [0, 0.05) is 24.8 Å².